The number of amides is 2. The Morgan fingerprint density at radius 1 is 0.762 bits per heavy atom. The Hall–Kier alpha value is -3.56. The minimum atomic E-state index is -4.26. The molecule has 0 aliphatic carbocycles. The van der Waals surface area contributed by atoms with Crippen LogP contribution in [0.1, 0.15) is 11.1 Å². The van der Waals surface area contributed by atoms with Gasteiger partial charge < -0.3 is 10.2 Å². The predicted molar refractivity (Wildman–Crippen MR) is 167 cm³/mol. The van der Waals surface area contributed by atoms with Gasteiger partial charge >= 0.3 is 0 Å². The summed E-state index contributed by atoms with van der Waals surface area (Å²) in [6.07, 6.45) is 0.196. The number of carbonyl (C=O) groups excluding carboxylic acids is 2. The van der Waals surface area contributed by atoms with Gasteiger partial charge in [0.1, 0.15) is 12.6 Å². The van der Waals surface area contributed by atoms with Crippen LogP contribution >= 0.6 is 34.8 Å². The second-order valence-electron chi connectivity index (χ2n) is 9.42. The molecule has 0 bridgehead atoms. The summed E-state index contributed by atoms with van der Waals surface area (Å²) in [6, 6.07) is 27.3. The number of hydrogen-bond acceptors (Lipinski definition) is 4. The number of nitrogens with zero attached hydrogens (tertiary/aromatic N) is 2. The number of anilines is 1. The summed E-state index contributed by atoms with van der Waals surface area (Å²) < 4.78 is 28.8. The van der Waals surface area contributed by atoms with Gasteiger partial charge in [-0.2, -0.15) is 0 Å². The topological polar surface area (TPSA) is 86.8 Å². The van der Waals surface area contributed by atoms with E-state index in [1.807, 2.05) is 30.3 Å². The van der Waals surface area contributed by atoms with Crippen LogP contribution in [0.15, 0.2) is 108 Å². The van der Waals surface area contributed by atoms with Crippen molar-refractivity contribution in [2.75, 3.05) is 17.9 Å². The van der Waals surface area contributed by atoms with E-state index in [-0.39, 0.29) is 33.6 Å². The molecule has 0 spiro atoms. The van der Waals surface area contributed by atoms with Crippen molar-refractivity contribution in [1.29, 1.82) is 0 Å². The van der Waals surface area contributed by atoms with Crippen molar-refractivity contribution >= 4 is 62.3 Å². The Morgan fingerprint density at radius 3 is 1.95 bits per heavy atom. The van der Waals surface area contributed by atoms with Gasteiger partial charge in [-0.25, -0.2) is 8.42 Å². The first-order valence-corrected chi connectivity index (χ1v) is 15.5. The van der Waals surface area contributed by atoms with E-state index in [4.69, 9.17) is 34.8 Å². The number of carbonyl (C=O) groups is 2. The van der Waals surface area contributed by atoms with Crippen LogP contribution in [0.3, 0.4) is 0 Å². The van der Waals surface area contributed by atoms with E-state index in [1.54, 1.807) is 42.5 Å². The molecule has 0 radical (unpaired) electrons. The summed E-state index contributed by atoms with van der Waals surface area (Å²) in [7, 11) is -2.77. The van der Waals surface area contributed by atoms with E-state index >= 15 is 0 Å². The van der Waals surface area contributed by atoms with Crippen LogP contribution in [-0.4, -0.2) is 44.8 Å². The first kappa shape index (κ1) is 31.4. The highest BCUT2D eigenvalue weighted by molar-refractivity contribution is 7.92. The molecule has 0 aromatic heterocycles. The van der Waals surface area contributed by atoms with Crippen LogP contribution in [0, 0.1) is 0 Å². The SMILES string of the molecule is CNC(=O)[C@@H](Cc1ccccc1)N(Cc1cccc(Cl)c1)C(=O)CN(c1cc(Cl)cc(Cl)c1)S(=O)(=O)c1ccccc1. The molecule has 0 saturated carbocycles. The molecule has 218 valence electrons. The molecule has 11 heteroatoms. The summed E-state index contributed by atoms with van der Waals surface area (Å²) in [6.45, 7) is -0.628. The lowest BCUT2D eigenvalue weighted by atomic mass is 10.0. The fraction of sp³-hybridized carbons (Fsp3) is 0.161. The molecule has 0 unspecified atom stereocenters. The molecule has 4 rings (SSSR count). The zero-order chi connectivity index (χ0) is 30.3. The summed E-state index contributed by atoms with van der Waals surface area (Å²) >= 11 is 18.7. The van der Waals surface area contributed by atoms with Crippen LogP contribution in [0.4, 0.5) is 5.69 Å². The van der Waals surface area contributed by atoms with Crippen molar-refractivity contribution in [3.05, 3.63) is 129 Å². The van der Waals surface area contributed by atoms with Gasteiger partial charge in [0.25, 0.3) is 10.0 Å². The van der Waals surface area contributed by atoms with Gasteiger partial charge in [-0.05, 0) is 53.6 Å². The molecule has 0 saturated heterocycles. The largest absolute Gasteiger partial charge is 0.357 e. The molecule has 42 heavy (non-hydrogen) atoms. The first-order chi connectivity index (χ1) is 20.1. The lowest BCUT2D eigenvalue weighted by molar-refractivity contribution is -0.139. The van der Waals surface area contributed by atoms with Crippen LogP contribution in [0.5, 0.6) is 0 Å². The van der Waals surface area contributed by atoms with Gasteiger partial charge in [-0.1, -0.05) is 95.5 Å². The lowest BCUT2D eigenvalue weighted by Crippen LogP contribution is -2.53. The molecule has 0 aliphatic heterocycles. The molecule has 0 fully saturated rings. The smallest absolute Gasteiger partial charge is 0.264 e. The average molecular weight is 645 g/mol. The van der Waals surface area contributed by atoms with Crippen molar-refractivity contribution in [2.24, 2.45) is 0 Å². The van der Waals surface area contributed by atoms with Crippen molar-refractivity contribution in [2.45, 2.75) is 23.9 Å². The summed E-state index contributed by atoms with van der Waals surface area (Å²) in [4.78, 5) is 28.9. The van der Waals surface area contributed by atoms with Crippen LogP contribution in [0.2, 0.25) is 15.1 Å². The number of rotatable bonds is 11. The van der Waals surface area contributed by atoms with E-state index in [2.05, 4.69) is 5.32 Å². The lowest BCUT2D eigenvalue weighted by Gasteiger charge is -2.33. The molecule has 4 aromatic carbocycles. The Labute approximate surface area is 260 Å². The third kappa shape index (κ3) is 7.83. The van der Waals surface area contributed by atoms with Crippen molar-refractivity contribution in [3.63, 3.8) is 0 Å². The van der Waals surface area contributed by atoms with E-state index in [0.717, 1.165) is 9.87 Å². The Balaban J connectivity index is 1.81. The highest BCUT2D eigenvalue weighted by Gasteiger charge is 2.34. The molecule has 0 heterocycles. The fourth-order valence-electron chi connectivity index (χ4n) is 4.48. The molecular formula is C31H28Cl3N3O4S. The number of halogens is 3. The molecule has 0 aliphatic rings. The molecule has 4 aromatic rings. The predicted octanol–water partition coefficient (Wildman–Crippen LogP) is 6.23. The minimum absolute atomic E-state index is 0.000159. The molecule has 1 N–H and O–H groups in total. The van der Waals surface area contributed by atoms with E-state index < -0.39 is 34.4 Å². The summed E-state index contributed by atoms with van der Waals surface area (Å²) in [5, 5.41) is 3.50. The van der Waals surface area contributed by atoms with Crippen molar-refractivity contribution in [1.82, 2.24) is 10.2 Å². The van der Waals surface area contributed by atoms with Gasteiger partial charge in [-0.3, -0.25) is 13.9 Å². The van der Waals surface area contributed by atoms with E-state index in [0.29, 0.717) is 10.6 Å². The highest BCUT2D eigenvalue weighted by atomic mass is 35.5. The van der Waals surface area contributed by atoms with Gasteiger partial charge in [0, 0.05) is 35.1 Å². The molecule has 1 atom stereocenters. The zero-order valence-corrected chi connectivity index (χ0v) is 25.7. The molecular weight excluding hydrogens is 617 g/mol. The number of benzene rings is 4. The second kappa shape index (κ2) is 14.1. The van der Waals surface area contributed by atoms with Gasteiger partial charge in [-0.15, -0.1) is 0 Å². The number of hydrogen-bond donors (Lipinski definition) is 1. The minimum Gasteiger partial charge on any atom is -0.357 e. The number of likely N-dealkylation sites (N-methyl/N-ethyl adjacent to an activating group) is 1. The highest BCUT2D eigenvalue weighted by Crippen LogP contribution is 2.30. The zero-order valence-electron chi connectivity index (χ0n) is 22.6. The van der Waals surface area contributed by atoms with E-state index in [1.165, 1.54) is 42.3 Å². The van der Waals surface area contributed by atoms with Gasteiger partial charge in [0.2, 0.25) is 11.8 Å². The number of nitrogens with one attached hydrogen (secondary N) is 1. The Kier molecular flexibility index (Phi) is 10.5. The van der Waals surface area contributed by atoms with Gasteiger partial charge in [0.05, 0.1) is 10.6 Å². The Bertz CT molecular complexity index is 1630. The van der Waals surface area contributed by atoms with Crippen LogP contribution in [0.25, 0.3) is 0 Å². The number of sulfonamides is 1. The molecule has 7 nitrogen and oxygen atoms in total. The normalized spacial score (nSPS) is 11.9. The van der Waals surface area contributed by atoms with Crippen molar-refractivity contribution in [3.8, 4) is 0 Å². The fourth-order valence-corrected chi connectivity index (χ4v) is 6.63. The average Bonchev–Trinajstić information content (AvgIpc) is 2.97. The Morgan fingerprint density at radius 2 is 1.36 bits per heavy atom. The summed E-state index contributed by atoms with van der Waals surface area (Å²) in [5.41, 5.74) is 1.60. The maximum atomic E-state index is 14.3. The second-order valence-corrected chi connectivity index (χ2v) is 12.6. The van der Waals surface area contributed by atoms with Crippen molar-refractivity contribution < 1.29 is 18.0 Å². The van der Waals surface area contributed by atoms with Gasteiger partial charge in [0.15, 0.2) is 0 Å². The summed E-state index contributed by atoms with van der Waals surface area (Å²) in [5.74, 6) is -1.02. The first-order valence-electron chi connectivity index (χ1n) is 12.9. The van der Waals surface area contributed by atoms with Crippen LogP contribution in [-0.2, 0) is 32.6 Å². The monoisotopic (exact) mass is 643 g/mol. The maximum Gasteiger partial charge on any atom is 0.264 e. The molecule has 2 amide bonds. The quantitative estimate of drug-likeness (QED) is 0.210. The third-order valence-electron chi connectivity index (χ3n) is 6.50. The van der Waals surface area contributed by atoms with Crippen LogP contribution < -0.4 is 9.62 Å². The standard InChI is InChI=1S/C31H28Cl3N3O4S/c1-35-31(39)29(16-22-9-4-2-5-10-22)36(20-23-11-8-12-24(32)15-23)30(38)21-37(27-18-25(33)17-26(34)19-27)42(40,41)28-13-6-3-7-14-28/h2-15,17-19,29H,16,20-21H2,1H3,(H,35,39)/t29-/m1/s1. The maximum absolute atomic E-state index is 14.3. The van der Waals surface area contributed by atoms with E-state index in [9.17, 15) is 18.0 Å². The third-order valence-corrected chi connectivity index (χ3v) is 8.96.